The van der Waals surface area contributed by atoms with Crippen molar-refractivity contribution in [1.29, 1.82) is 0 Å². The standard InChI is InChI=1S/C21H20FN3O4/c1-13-9-10-14(11-16(13)22)23-19(26)12-29-20(27)8-4-7-18-24-17-6-3-2-5-15(17)21(28)25-18/h2-3,5-6,9-11H,4,7-8,12H2,1H3,(H,23,26)(H,24,25,28). The number of nitrogens with zero attached hydrogens (tertiary/aromatic N) is 1. The Morgan fingerprint density at radius 3 is 2.79 bits per heavy atom. The van der Waals surface area contributed by atoms with Gasteiger partial charge in [0.2, 0.25) is 0 Å². The van der Waals surface area contributed by atoms with Gasteiger partial charge in [0, 0.05) is 18.5 Å². The summed E-state index contributed by atoms with van der Waals surface area (Å²) in [5.41, 5.74) is 1.13. The number of halogens is 1. The molecule has 150 valence electrons. The third-order valence-corrected chi connectivity index (χ3v) is 4.28. The van der Waals surface area contributed by atoms with Gasteiger partial charge in [0.15, 0.2) is 6.61 Å². The van der Waals surface area contributed by atoms with Gasteiger partial charge in [0.05, 0.1) is 10.9 Å². The summed E-state index contributed by atoms with van der Waals surface area (Å²) < 4.78 is 18.4. The quantitative estimate of drug-likeness (QED) is 0.597. The van der Waals surface area contributed by atoms with Crippen molar-refractivity contribution < 1.29 is 18.7 Å². The number of anilines is 1. The molecule has 1 heterocycles. The van der Waals surface area contributed by atoms with E-state index in [4.69, 9.17) is 4.74 Å². The Kier molecular flexibility index (Phi) is 6.33. The Balaban J connectivity index is 1.43. The van der Waals surface area contributed by atoms with Crippen LogP contribution >= 0.6 is 0 Å². The van der Waals surface area contributed by atoms with Gasteiger partial charge >= 0.3 is 5.97 Å². The van der Waals surface area contributed by atoms with Crippen LogP contribution in [0.25, 0.3) is 10.9 Å². The van der Waals surface area contributed by atoms with Crippen molar-refractivity contribution in [3.05, 3.63) is 70.0 Å². The number of para-hydroxylation sites is 1. The summed E-state index contributed by atoms with van der Waals surface area (Å²) in [5.74, 6) is -1.04. The molecule has 0 fully saturated rings. The number of carbonyl (C=O) groups is 2. The zero-order chi connectivity index (χ0) is 20.8. The first kappa shape index (κ1) is 20.2. The molecule has 0 spiro atoms. The van der Waals surface area contributed by atoms with E-state index in [2.05, 4.69) is 15.3 Å². The van der Waals surface area contributed by atoms with Crippen molar-refractivity contribution in [2.75, 3.05) is 11.9 Å². The second-order valence-corrected chi connectivity index (χ2v) is 6.56. The molecule has 2 aromatic carbocycles. The van der Waals surface area contributed by atoms with E-state index in [1.165, 1.54) is 6.07 Å². The minimum atomic E-state index is -0.554. The minimum Gasteiger partial charge on any atom is -0.456 e. The molecule has 0 radical (unpaired) electrons. The number of benzene rings is 2. The maximum absolute atomic E-state index is 13.5. The molecule has 0 unspecified atom stereocenters. The number of rotatable bonds is 7. The van der Waals surface area contributed by atoms with E-state index in [9.17, 15) is 18.8 Å². The predicted molar refractivity (Wildman–Crippen MR) is 106 cm³/mol. The van der Waals surface area contributed by atoms with E-state index in [-0.39, 0.29) is 12.0 Å². The largest absolute Gasteiger partial charge is 0.456 e. The number of nitrogens with one attached hydrogen (secondary N) is 2. The Labute approximate surface area is 165 Å². The molecule has 29 heavy (non-hydrogen) atoms. The van der Waals surface area contributed by atoms with Gasteiger partial charge in [-0.3, -0.25) is 14.4 Å². The van der Waals surface area contributed by atoms with E-state index < -0.39 is 24.3 Å². The highest BCUT2D eigenvalue weighted by Gasteiger charge is 2.10. The molecule has 0 saturated carbocycles. The van der Waals surface area contributed by atoms with Crippen LogP contribution in [0.15, 0.2) is 47.3 Å². The summed E-state index contributed by atoms with van der Waals surface area (Å²) in [5, 5.41) is 2.97. The maximum atomic E-state index is 13.5. The molecule has 3 rings (SSSR count). The summed E-state index contributed by atoms with van der Waals surface area (Å²) in [6.07, 6.45) is 0.873. The number of ether oxygens (including phenoxy) is 1. The molecule has 0 aliphatic heterocycles. The van der Waals surface area contributed by atoms with Crippen molar-refractivity contribution in [2.45, 2.75) is 26.2 Å². The number of aromatic nitrogens is 2. The van der Waals surface area contributed by atoms with E-state index in [0.717, 1.165) is 0 Å². The SMILES string of the molecule is Cc1ccc(NC(=O)COC(=O)CCCc2nc3ccccc3c(=O)[nH]2)cc1F. The van der Waals surface area contributed by atoms with Crippen LogP contribution in [0.1, 0.15) is 24.2 Å². The number of fused-ring (bicyclic) bond motifs is 1. The number of aromatic amines is 1. The van der Waals surface area contributed by atoms with Crippen LogP contribution in [0.5, 0.6) is 0 Å². The van der Waals surface area contributed by atoms with Gasteiger partial charge in [-0.25, -0.2) is 9.37 Å². The third kappa shape index (κ3) is 5.47. The van der Waals surface area contributed by atoms with Crippen molar-refractivity contribution in [3.8, 4) is 0 Å². The van der Waals surface area contributed by atoms with Crippen LogP contribution in [0.4, 0.5) is 10.1 Å². The second-order valence-electron chi connectivity index (χ2n) is 6.56. The average Bonchev–Trinajstić information content (AvgIpc) is 2.69. The molecular formula is C21H20FN3O4. The Morgan fingerprint density at radius 2 is 2.00 bits per heavy atom. The van der Waals surface area contributed by atoms with Crippen LogP contribution in [0, 0.1) is 12.7 Å². The van der Waals surface area contributed by atoms with Gasteiger partial charge < -0.3 is 15.0 Å². The first-order valence-electron chi connectivity index (χ1n) is 9.12. The zero-order valence-corrected chi connectivity index (χ0v) is 15.8. The van der Waals surface area contributed by atoms with Gasteiger partial charge in [0.25, 0.3) is 11.5 Å². The molecule has 0 bridgehead atoms. The molecule has 7 nitrogen and oxygen atoms in total. The van der Waals surface area contributed by atoms with Crippen LogP contribution in [-0.2, 0) is 20.7 Å². The first-order chi connectivity index (χ1) is 13.9. The van der Waals surface area contributed by atoms with Crippen LogP contribution in [-0.4, -0.2) is 28.5 Å². The Bertz CT molecular complexity index is 1110. The summed E-state index contributed by atoms with van der Waals surface area (Å²) in [6.45, 7) is 1.16. The molecule has 0 saturated heterocycles. The Morgan fingerprint density at radius 1 is 1.21 bits per heavy atom. The van der Waals surface area contributed by atoms with Crippen LogP contribution in [0.2, 0.25) is 0 Å². The second kappa shape index (κ2) is 9.09. The monoisotopic (exact) mass is 397 g/mol. The van der Waals surface area contributed by atoms with Crippen molar-refractivity contribution in [2.24, 2.45) is 0 Å². The molecule has 3 aromatic rings. The fraction of sp³-hybridized carbons (Fsp3) is 0.238. The van der Waals surface area contributed by atoms with Gasteiger partial charge in [-0.05, 0) is 43.2 Å². The van der Waals surface area contributed by atoms with E-state index in [1.807, 2.05) is 0 Å². The molecule has 0 aliphatic rings. The lowest BCUT2D eigenvalue weighted by Gasteiger charge is -2.07. The zero-order valence-electron chi connectivity index (χ0n) is 15.8. The number of hydrogen-bond donors (Lipinski definition) is 2. The molecule has 0 atom stereocenters. The summed E-state index contributed by atoms with van der Waals surface area (Å²) in [6, 6.07) is 11.3. The fourth-order valence-corrected chi connectivity index (χ4v) is 2.74. The van der Waals surface area contributed by atoms with Gasteiger partial charge in [0.1, 0.15) is 11.6 Å². The van der Waals surface area contributed by atoms with Gasteiger partial charge in [-0.1, -0.05) is 18.2 Å². The lowest BCUT2D eigenvalue weighted by Crippen LogP contribution is -2.21. The molecule has 2 N–H and O–H groups in total. The highest BCUT2D eigenvalue weighted by molar-refractivity contribution is 5.92. The number of H-pyrrole nitrogens is 1. The van der Waals surface area contributed by atoms with Crippen molar-refractivity contribution >= 4 is 28.5 Å². The van der Waals surface area contributed by atoms with E-state index >= 15 is 0 Å². The summed E-state index contributed by atoms with van der Waals surface area (Å²) in [7, 11) is 0. The number of esters is 1. The van der Waals surface area contributed by atoms with Crippen LogP contribution in [0.3, 0.4) is 0 Å². The molecule has 8 heteroatoms. The van der Waals surface area contributed by atoms with Crippen molar-refractivity contribution in [3.63, 3.8) is 0 Å². The fourth-order valence-electron chi connectivity index (χ4n) is 2.74. The number of hydrogen-bond acceptors (Lipinski definition) is 5. The Hall–Kier alpha value is -3.55. The van der Waals surface area contributed by atoms with Gasteiger partial charge in [-0.2, -0.15) is 0 Å². The van der Waals surface area contributed by atoms with Crippen LogP contribution < -0.4 is 10.9 Å². The molecular weight excluding hydrogens is 377 g/mol. The predicted octanol–water partition coefficient (Wildman–Crippen LogP) is 2.88. The molecule has 0 aliphatic carbocycles. The average molecular weight is 397 g/mol. The minimum absolute atomic E-state index is 0.0724. The summed E-state index contributed by atoms with van der Waals surface area (Å²) >= 11 is 0. The summed E-state index contributed by atoms with van der Waals surface area (Å²) in [4.78, 5) is 42.7. The highest BCUT2D eigenvalue weighted by atomic mass is 19.1. The molecule has 1 amide bonds. The van der Waals surface area contributed by atoms with Crippen molar-refractivity contribution in [1.82, 2.24) is 9.97 Å². The number of amides is 1. The lowest BCUT2D eigenvalue weighted by molar-refractivity contribution is -0.147. The smallest absolute Gasteiger partial charge is 0.306 e. The first-order valence-corrected chi connectivity index (χ1v) is 9.12. The number of carbonyl (C=O) groups excluding carboxylic acids is 2. The maximum Gasteiger partial charge on any atom is 0.306 e. The molecule has 1 aromatic heterocycles. The topological polar surface area (TPSA) is 101 Å². The normalized spacial score (nSPS) is 10.7. The lowest BCUT2D eigenvalue weighted by atomic mass is 10.2. The highest BCUT2D eigenvalue weighted by Crippen LogP contribution is 2.13. The van der Waals surface area contributed by atoms with Gasteiger partial charge in [-0.15, -0.1) is 0 Å². The van der Waals surface area contributed by atoms with E-state index in [1.54, 1.807) is 43.3 Å². The van der Waals surface area contributed by atoms with E-state index in [0.29, 0.717) is 40.8 Å². The third-order valence-electron chi connectivity index (χ3n) is 4.28. The number of aryl methyl sites for hydroxylation is 2.